The monoisotopic (exact) mass is 598 g/mol. The van der Waals surface area contributed by atoms with Gasteiger partial charge in [0, 0.05) is 29.1 Å². The maximum Gasteiger partial charge on any atom is 0.332 e. The predicted octanol–water partition coefficient (Wildman–Crippen LogP) is 6.41. The molecule has 2 unspecified atom stereocenters. The first kappa shape index (κ1) is 28.4. The third-order valence-corrected chi connectivity index (χ3v) is 8.96. The molecule has 4 aromatic carbocycles. The van der Waals surface area contributed by atoms with E-state index in [1.165, 1.54) is 10.5 Å². The van der Waals surface area contributed by atoms with Crippen molar-refractivity contribution in [2.75, 3.05) is 12.0 Å². The van der Waals surface area contributed by atoms with Gasteiger partial charge in [-0.05, 0) is 66.8 Å². The maximum absolute atomic E-state index is 14.4. The van der Waals surface area contributed by atoms with E-state index in [0.717, 1.165) is 40.6 Å². The van der Waals surface area contributed by atoms with E-state index in [2.05, 4.69) is 22.4 Å². The van der Waals surface area contributed by atoms with E-state index in [0.29, 0.717) is 12.2 Å². The van der Waals surface area contributed by atoms with Crippen LogP contribution < -0.4 is 15.0 Å². The third kappa shape index (κ3) is 5.02. The lowest BCUT2D eigenvalue weighted by atomic mass is 9.89. The van der Waals surface area contributed by atoms with Crippen LogP contribution in [-0.2, 0) is 17.6 Å². The molecule has 2 N–H and O–H groups in total. The van der Waals surface area contributed by atoms with Crippen LogP contribution >= 0.6 is 0 Å². The number of methoxy groups -OCH3 is 1. The molecular formula is C37H34N4O4. The fourth-order valence-corrected chi connectivity index (χ4v) is 6.69. The highest BCUT2D eigenvalue weighted by Gasteiger charge is 2.53. The Balaban J connectivity index is 1.22. The fraction of sp³-hybridized carbons (Fsp3) is 0.216. The third-order valence-electron chi connectivity index (χ3n) is 8.96. The number of aromatic nitrogens is 1. The summed E-state index contributed by atoms with van der Waals surface area (Å²) in [6.45, 7) is 1.97. The number of fused-ring (bicyclic) bond motifs is 4. The van der Waals surface area contributed by atoms with Gasteiger partial charge in [-0.15, -0.1) is 0 Å². The number of aryl methyl sites for hydroxylation is 1. The Morgan fingerprint density at radius 1 is 0.933 bits per heavy atom. The smallest absolute Gasteiger partial charge is 0.332 e. The number of ether oxygens (including phenoxy) is 1. The number of hydrogen-bond acceptors (Lipinski definition) is 4. The Bertz CT molecular complexity index is 1900. The molecule has 226 valence electrons. The standard InChI is InChI=1S/C37H34N4O4/c1-23(16-17-24-10-4-3-5-11-24)38-35(42)28-13-7-9-15-31(28)41-36(43)32-22-29-27-12-6-8-14-30(27)39-33(29)34(40(32)37(41)44)25-18-20-26(45-2)21-19-25/h3-15,18-21,23,32,34,39H,16-17,22H2,1-2H3,(H,38,42)/t23?,32-,34?/m0/s1. The molecule has 0 spiro atoms. The number of hydrogen-bond donors (Lipinski definition) is 2. The van der Waals surface area contributed by atoms with E-state index in [1.807, 2.05) is 73.7 Å². The number of amides is 4. The molecule has 5 aromatic rings. The van der Waals surface area contributed by atoms with Crippen molar-refractivity contribution in [3.63, 3.8) is 0 Å². The minimum atomic E-state index is -0.725. The molecule has 1 fully saturated rings. The highest BCUT2D eigenvalue weighted by molar-refractivity contribution is 6.24. The van der Waals surface area contributed by atoms with Gasteiger partial charge in [0.1, 0.15) is 17.8 Å². The second kappa shape index (κ2) is 11.6. The molecule has 2 aliphatic rings. The fourth-order valence-electron chi connectivity index (χ4n) is 6.69. The SMILES string of the molecule is COc1ccc(C2c3[nH]c4ccccc4c3C[C@H]3C(=O)N(c4ccccc4C(=O)NC(C)CCc4ccccc4)C(=O)N23)cc1. The van der Waals surface area contributed by atoms with Crippen molar-refractivity contribution in [1.29, 1.82) is 0 Å². The zero-order chi connectivity index (χ0) is 31.1. The van der Waals surface area contributed by atoms with E-state index in [1.54, 1.807) is 36.3 Å². The van der Waals surface area contributed by atoms with E-state index in [-0.39, 0.29) is 29.1 Å². The molecule has 1 aromatic heterocycles. The van der Waals surface area contributed by atoms with Crippen LogP contribution in [0.15, 0.2) is 103 Å². The molecule has 3 atom stereocenters. The summed E-state index contributed by atoms with van der Waals surface area (Å²) < 4.78 is 5.39. The van der Waals surface area contributed by atoms with Crippen molar-refractivity contribution < 1.29 is 19.1 Å². The zero-order valence-corrected chi connectivity index (χ0v) is 25.2. The van der Waals surface area contributed by atoms with Crippen LogP contribution in [0.1, 0.15) is 52.1 Å². The molecule has 4 amide bonds. The van der Waals surface area contributed by atoms with Crippen LogP contribution in [0.2, 0.25) is 0 Å². The van der Waals surface area contributed by atoms with Gasteiger partial charge in [0.15, 0.2) is 0 Å². The van der Waals surface area contributed by atoms with Gasteiger partial charge < -0.3 is 15.0 Å². The molecule has 8 heteroatoms. The molecule has 0 radical (unpaired) electrons. The number of urea groups is 1. The normalized spacial score (nSPS) is 18.1. The van der Waals surface area contributed by atoms with Crippen LogP contribution in [0.4, 0.5) is 10.5 Å². The van der Waals surface area contributed by atoms with Crippen molar-refractivity contribution in [2.45, 2.75) is 44.3 Å². The predicted molar refractivity (Wildman–Crippen MR) is 173 cm³/mol. The number of anilines is 1. The van der Waals surface area contributed by atoms with Crippen molar-refractivity contribution in [1.82, 2.24) is 15.2 Å². The number of carbonyl (C=O) groups is 3. The van der Waals surface area contributed by atoms with E-state index in [4.69, 9.17) is 4.74 Å². The zero-order valence-electron chi connectivity index (χ0n) is 25.2. The molecule has 0 saturated carbocycles. The van der Waals surface area contributed by atoms with Gasteiger partial charge in [-0.1, -0.05) is 72.8 Å². The second-order valence-corrected chi connectivity index (χ2v) is 11.7. The van der Waals surface area contributed by atoms with E-state index >= 15 is 0 Å². The maximum atomic E-state index is 14.4. The number of nitrogens with zero attached hydrogens (tertiary/aromatic N) is 2. The molecule has 8 nitrogen and oxygen atoms in total. The first-order valence-electron chi connectivity index (χ1n) is 15.3. The van der Waals surface area contributed by atoms with Crippen molar-refractivity contribution in [2.24, 2.45) is 0 Å². The highest BCUT2D eigenvalue weighted by atomic mass is 16.5. The van der Waals surface area contributed by atoms with E-state index < -0.39 is 18.1 Å². The number of H-pyrrole nitrogens is 1. The summed E-state index contributed by atoms with van der Waals surface area (Å²) in [6, 6.07) is 30.8. The average Bonchev–Trinajstić information content (AvgIpc) is 3.57. The summed E-state index contributed by atoms with van der Waals surface area (Å²) in [5, 5.41) is 4.12. The van der Waals surface area contributed by atoms with Crippen LogP contribution in [0.5, 0.6) is 5.75 Å². The average molecular weight is 599 g/mol. The highest BCUT2D eigenvalue weighted by Crippen LogP contribution is 2.45. The summed E-state index contributed by atoms with van der Waals surface area (Å²) >= 11 is 0. The number of carbonyl (C=O) groups excluding carboxylic acids is 3. The number of para-hydroxylation sites is 2. The van der Waals surface area contributed by atoms with Gasteiger partial charge in [0.25, 0.3) is 11.8 Å². The minimum Gasteiger partial charge on any atom is -0.497 e. The first-order valence-corrected chi connectivity index (χ1v) is 15.3. The molecule has 0 bridgehead atoms. The molecule has 45 heavy (non-hydrogen) atoms. The number of benzene rings is 4. The topological polar surface area (TPSA) is 94.7 Å². The van der Waals surface area contributed by atoms with Gasteiger partial charge in [-0.25, -0.2) is 9.69 Å². The Morgan fingerprint density at radius 2 is 1.64 bits per heavy atom. The molecule has 3 heterocycles. The summed E-state index contributed by atoms with van der Waals surface area (Å²) in [5.74, 6) is 0.0396. The number of nitrogens with one attached hydrogen (secondary N) is 2. The van der Waals surface area contributed by atoms with Gasteiger partial charge in [0.2, 0.25) is 0 Å². The Labute approximate surface area is 261 Å². The van der Waals surface area contributed by atoms with Crippen LogP contribution in [0.25, 0.3) is 10.9 Å². The molecule has 7 rings (SSSR count). The summed E-state index contributed by atoms with van der Waals surface area (Å²) in [4.78, 5) is 48.7. The van der Waals surface area contributed by atoms with Crippen molar-refractivity contribution in [3.8, 4) is 5.75 Å². The number of imide groups is 1. The molecule has 2 aliphatic heterocycles. The lowest BCUT2D eigenvalue weighted by Gasteiger charge is -2.36. The lowest BCUT2D eigenvalue weighted by molar-refractivity contribution is -0.120. The quantitative estimate of drug-likeness (QED) is 0.202. The number of rotatable bonds is 8. The Kier molecular flexibility index (Phi) is 7.33. The summed E-state index contributed by atoms with van der Waals surface area (Å²) in [6.07, 6.45) is 1.95. The lowest BCUT2D eigenvalue weighted by Crippen LogP contribution is -2.44. The van der Waals surface area contributed by atoms with Crippen molar-refractivity contribution in [3.05, 3.63) is 131 Å². The second-order valence-electron chi connectivity index (χ2n) is 11.7. The molecule has 1 saturated heterocycles. The van der Waals surface area contributed by atoms with Crippen LogP contribution in [-0.4, -0.2) is 46.9 Å². The molecule has 0 aliphatic carbocycles. The molecular weight excluding hydrogens is 564 g/mol. The van der Waals surface area contributed by atoms with Gasteiger partial charge in [-0.3, -0.25) is 14.5 Å². The Hall–Kier alpha value is -5.37. The van der Waals surface area contributed by atoms with Crippen LogP contribution in [0.3, 0.4) is 0 Å². The largest absolute Gasteiger partial charge is 0.497 e. The van der Waals surface area contributed by atoms with Crippen LogP contribution in [0, 0.1) is 0 Å². The minimum absolute atomic E-state index is 0.111. The Morgan fingerprint density at radius 3 is 2.42 bits per heavy atom. The van der Waals surface area contributed by atoms with Gasteiger partial charge in [0.05, 0.1) is 18.4 Å². The van der Waals surface area contributed by atoms with Gasteiger partial charge >= 0.3 is 6.03 Å². The van der Waals surface area contributed by atoms with Gasteiger partial charge in [-0.2, -0.15) is 0 Å². The first-order chi connectivity index (χ1) is 21.9. The summed E-state index contributed by atoms with van der Waals surface area (Å²) in [5.41, 5.74) is 5.50. The van der Waals surface area contributed by atoms with Crippen molar-refractivity contribution >= 4 is 34.4 Å². The van der Waals surface area contributed by atoms with E-state index in [9.17, 15) is 14.4 Å². The number of aromatic amines is 1. The summed E-state index contributed by atoms with van der Waals surface area (Å²) in [7, 11) is 1.61.